The summed E-state index contributed by atoms with van der Waals surface area (Å²) in [6.07, 6.45) is 6.64. The topological polar surface area (TPSA) is 41.8 Å². The van der Waals surface area contributed by atoms with Crippen LogP contribution >= 0.6 is 11.6 Å². The van der Waals surface area contributed by atoms with Gasteiger partial charge in [0, 0.05) is 5.02 Å². The molecule has 0 amide bonds. The molecule has 0 bridgehead atoms. The Kier molecular flexibility index (Phi) is 5.07. The molecule has 1 aliphatic carbocycles. The molecule has 1 aromatic rings. The first-order valence-electron chi connectivity index (χ1n) is 8.18. The second kappa shape index (κ2) is 6.87. The van der Waals surface area contributed by atoms with Crippen molar-refractivity contribution < 1.29 is 13.3 Å². The van der Waals surface area contributed by atoms with Crippen LogP contribution in [0.1, 0.15) is 32.1 Å². The number of nitrogens with zero attached hydrogens (tertiary/aromatic N) is 1. The highest BCUT2D eigenvalue weighted by molar-refractivity contribution is 7.89. The Morgan fingerprint density at radius 2 is 1.59 bits per heavy atom. The van der Waals surface area contributed by atoms with Gasteiger partial charge in [0.15, 0.2) is 0 Å². The third kappa shape index (κ3) is 3.48. The molecule has 6 heteroatoms. The molecule has 0 radical (unpaired) electrons. The quantitative estimate of drug-likeness (QED) is 0.905. The predicted molar refractivity (Wildman–Crippen MR) is 87.8 cm³/mol. The number of halogens is 1. The van der Waals surface area contributed by atoms with Crippen molar-refractivity contribution in [2.75, 3.05) is 26.2 Å². The summed E-state index contributed by atoms with van der Waals surface area (Å²) in [6, 6.07) is 7.21. The number of sulfonamides is 1. The van der Waals surface area contributed by atoms with E-state index in [2.05, 4.69) is 0 Å². The Balaban J connectivity index is 1.63. The largest absolute Gasteiger partial charge is 0.330 e. The predicted octanol–water partition coefficient (Wildman–Crippen LogP) is 1.56. The molecule has 4 nitrogen and oxygen atoms in total. The van der Waals surface area contributed by atoms with Gasteiger partial charge in [-0.25, -0.2) is 8.42 Å². The number of nitrogens with one attached hydrogen (secondary N) is 1. The lowest BCUT2D eigenvalue weighted by Gasteiger charge is -2.37. The molecule has 0 atom stereocenters. The molecular weight excluding hydrogens is 320 g/mol. The fourth-order valence-corrected chi connectivity index (χ4v) is 5.26. The molecule has 1 saturated carbocycles. The van der Waals surface area contributed by atoms with Gasteiger partial charge < -0.3 is 4.90 Å². The number of piperazine rings is 1. The molecule has 2 fully saturated rings. The second-order valence-corrected chi connectivity index (χ2v) is 8.73. The number of hydrogen-bond donors (Lipinski definition) is 1. The van der Waals surface area contributed by atoms with Gasteiger partial charge in [0.1, 0.15) is 0 Å². The zero-order chi connectivity index (χ0) is 15.6. The van der Waals surface area contributed by atoms with Gasteiger partial charge in [-0.2, -0.15) is 4.31 Å². The van der Waals surface area contributed by atoms with Gasteiger partial charge in [-0.15, -0.1) is 0 Å². The molecule has 22 heavy (non-hydrogen) atoms. The van der Waals surface area contributed by atoms with E-state index in [0.717, 1.165) is 19.1 Å². The molecule has 0 aromatic heterocycles. The number of quaternary nitrogens is 1. The molecule has 0 unspecified atom stereocenters. The van der Waals surface area contributed by atoms with Gasteiger partial charge >= 0.3 is 0 Å². The van der Waals surface area contributed by atoms with Gasteiger partial charge in [0.05, 0.1) is 37.1 Å². The van der Waals surface area contributed by atoms with E-state index in [9.17, 15) is 8.42 Å². The molecule has 1 aliphatic heterocycles. The minimum atomic E-state index is -3.37. The van der Waals surface area contributed by atoms with Crippen molar-refractivity contribution in [3.63, 3.8) is 0 Å². The molecule has 1 N–H and O–H groups in total. The van der Waals surface area contributed by atoms with Crippen LogP contribution in [0.5, 0.6) is 0 Å². The second-order valence-electron chi connectivity index (χ2n) is 6.35. The summed E-state index contributed by atoms with van der Waals surface area (Å²) >= 11 is 5.84. The SMILES string of the molecule is O=S(=O)(c1ccc(Cl)cc1)N1CC[NH+](C2CCCCC2)CC1. The van der Waals surface area contributed by atoms with E-state index in [1.807, 2.05) is 0 Å². The Hall–Kier alpha value is -0.620. The van der Waals surface area contributed by atoms with Crippen molar-refractivity contribution in [3.8, 4) is 0 Å². The highest BCUT2D eigenvalue weighted by atomic mass is 35.5. The number of hydrogen-bond acceptors (Lipinski definition) is 2. The zero-order valence-electron chi connectivity index (χ0n) is 12.8. The third-order valence-corrected chi connectivity index (χ3v) is 7.16. The van der Waals surface area contributed by atoms with Crippen LogP contribution in [0.15, 0.2) is 29.2 Å². The van der Waals surface area contributed by atoms with E-state index < -0.39 is 10.0 Å². The summed E-state index contributed by atoms with van der Waals surface area (Å²) < 4.78 is 26.9. The van der Waals surface area contributed by atoms with Crippen LogP contribution in [-0.2, 0) is 10.0 Å². The zero-order valence-corrected chi connectivity index (χ0v) is 14.4. The average molecular weight is 344 g/mol. The summed E-state index contributed by atoms with van der Waals surface area (Å²) in [6.45, 7) is 3.10. The maximum atomic E-state index is 12.7. The Bertz CT molecular complexity index is 589. The van der Waals surface area contributed by atoms with Crippen LogP contribution in [0.2, 0.25) is 5.02 Å². The van der Waals surface area contributed by atoms with E-state index in [0.29, 0.717) is 23.0 Å². The van der Waals surface area contributed by atoms with Gasteiger partial charge in [-0.1, -0.05) is 18.0 Å². The standard InChI is InChI=1S/C16H23ClN2O2S/c17-14-6-8-16(9-7-14)22(20,21)19-12-10-18(11-13-19)15-4-2-1-3-5-15/h6-9,15H,1-5,10-13H2/p+1. The number of benzene rings is 1. The van der Waals surface area contributed by atoms with Crippen LogP contribution in [0.25, 0.3) is 0 Å². The lowest BCUT2D eigenvalue weighted by molar-refractivity contribution is -0.930. The van der Waals surface area contributed by atoms with Crippen LogP contribution in [-0.4, -0.2) is 44.9 Å². The van der Waals surface area contributed by atoms with Crippen molar-refractivity contribution in [2.45, 2.75) is 43.0 Å². The maximum Gasteiger partial charge on any atom is 0.243 e. The van der Waals surface area contributed by atoms with Crippen molar-refractivity contribution in [3.05, 3.63) is 29.3 Å². The summed E-state index contributed by atoms with van der Waals surface area (Å²) in [7, 11) is -3.37. The molecule has 2 aliphatic rings. The van der Waals surface area contributed by atoms with Crippen LogP contribution < -0.4 is 4.90 Å². The van der Waals surface area contributed by atoms with Crippen molar-refractivity contribution >= 4 is 21.6 Å². The number of rotatable bonds is 3. The lowest BCUT2D eigenvalue weighted by atomic mass is 9.94. The highest BCUT2D eigenvalue weighted by Gasteiger charge is 2.33. The van der Waals surface area contributed by atoms with E-state index in [-0.39, 0.29) is 0 Å². The molecule has 1 heterocycles. The normalized spacial score (nSPS) is 22.8. The summed E-state index contributed by atoms with van der Waals surface area (Å²) in [5.74, 6) is 0. The molecule has 122 valence electrons. The van der Waals surface area contributed by atoms with Crippen molar-refractivity contribution in [1.29, 1.82) is 0 Å². The molecule has 1 saturated heterocycles. The summed E-state index contributed by atoms with van der Waals surface area (Å²) in [4.78, 5) is 1.94. The first kappa shape index (κ1) is 16.2. The lowest BCUT2D eigenvalue weighted by Crippen LogP contribution is -3.18. The van der Waals surface area contributed by atoms with Gasteiger partial charge in [0.2, 0.25) is 10.0 Å². The van der Waals surface area contributed by atoms with Gasteiger partial charge in [-0.3, -0.25) is 0 Å². The van der Waals surface area contributed by atoms with Crippen LogP contribution in [0, 0.1) is 0 Å². The van der Waals surface area contributed by atoms with E-state index >= 15 is 0 Å². The van der Waals surface area contributed by atoms with Crippen molar-refractivity contribution in [1.82, 2.24) is 4.31 Å². The monoisotopic (exact) mass is 343 g/mol. The first-order valence-corrected chi connectivity index (χ1v) is 9.99. The molecule has 3 rings (SSSR count). The van der Waals surface area contributed by atoms with Crippen molar-refractivity contribution in [2.24, 2.45) is 0 Å². The van der Waals surface area contributed by atoms with Gasteiger partial charge in [-0.05, 0) is 49.9 Å². The molecular formula is C16H24ClN2O2S+. The highest BCUT2D eigenvalue weighted by Crippen LogP contribution is 2.19. The fraction of sp³-hybridized carbons (Fsp3) is 0.625. The average Bonchev–Trinajstić information content (AvgIpc) is 2.56. The Labute approximate surface area is 138 Å². The smallest absolute Gasteiger partial charge is 0.243 e. The third-order valence-electron chi connectivity index (χ3n) is 5.00. The minimum Gasteiger partial charge on any atom is -0.330 e. The van der Waals surface area contributed by atoms with E-state index in [1.54, 1.807) is 33.5 Å². The van der Waals surface area contributed by atoms with Crippen LogP contribution in [0.3, 0.4) is 0 Å². The van der Waals surface area contributed by atoms with Crippen LogP contribution in [0.4, 0.5) is 0 Å². The Morgan fingerprint density at radius 1 is 1.00 bits per heavy atom. The van der Waals surface area contributed by atoms with E-state index in [4.69, 9.17) is 11.6 Å². The maximum absolute atomic E-state index is 12.7. The Morgan fingerprint density at radius 3 is 2.18 bits per heavy atom. The summed E-state index contributed by atoms with van der Waals surface area (Å²) in [5, 5.41) is 0.561. The fourth-order valence-electron chi connectivity index (χ4n) is 3.69. The van der Waals surface area contributed by atoms with Gasteiger partial charge in [0.25, 0.3) is 0 Å². The molecule has 0 spiro atoms. The molecule has 1 aromatic carbocycles. The summed E-state index contributed by atoms with van der Waals surface area (Å²) in [5.41, 5.74) is 0. The first-order chi connectivity index (χ1) is 10.6. The minimum absolute atomic E-state index is 0.345. The van der Waals surface area contributed by atoms with E-state index in [1.165, 1.54) is 32.1 Å².